The number of rotatable bonds is 7. The van der Waals surface area contributed by atoms with Crippen LogP contribution in [-0.2, 0) is 36.8 Å². The molecule has 154 valence electrons. The van der Waals surface area contributed by atoms with Gasteiger partial charge < -0.3 is 19.9 Å². The molecule has 0 aromatic heterocycles. The predicted molar refractivity (Wildman–Crippen MR) is 107 cm³/mol. The summed E-state index contributed by atoms with van der Waals surface area (Å²) in [6.45, 7) is 2.96. The number of nitrogen functional groups attached to an aromatic ring is 1. The van der Waals surface area contributed by atoms with E-state index < -0.39 is 24.0 Å². The fourth-order valence-electron chi connectivity index (χ4n) is 2.73. The Labute approximate surface area is 173 Å². The van der Waals surface area contributed by atoms with E-state index in [9.17, 15) is 14.4 Å². The van der Waals surface area contributed by atoms with Crippen LogP contribution in [0.2, 0.25) is 5.02 Å². The molecule has 0 aliphatic heterocycles. The Bertz CT molecular complexity index is 913. The van der Waals surface area contributed by atoms with Crippen LogP contribution in [0.3, 0.4) is 0 Å². The molecule has 0 bridgehead atoms. The molecule has 0 fully saturated rings. The summed E-state index contributed by atoms with van der Waals surface area (Å²) in [6.07, 6.45) is -1.24. The normalized spacial score (nSPS) is 11.4. The van der Waals surface area contributed by atoms with E-state index in [1.165, 1.54) is 14.0 Å². The fraction of sp³-hybridized carbons (Fsp3) is 0.286. The van der Waals surface area contributed by atoms with E-state index in [1.54, 1.807) is 43.3 Å². The zero-order valence-corrected chi connectivity index (χ0v) is 17.1. The maximum Gasteiger partial charge on any atom is 0.347 e. The lowest BCUT2D eigenvalue weighted by atomic mass is 9.96. The van der Waals surface area contributed by atoms with Gasteiger partial charge in [-0.3, -0.25) is 4.79 Å². The molecule has 0 saturated carbocycles. The summed E-state index contributed by atoms with van der Waals surface area (Å²) in [7, 11) is 1.20. The summed E-state index contributed by atoms with van der Waals surface area (Å²) in [4.78, 5) is 35.9. The first-order chi connectivity index (χ1) is 13.7. The molecule has 0 spiro atoms. The number of nitrogens with two attached hydrogens (primary N) is 1. The monoisotopic (exact) mass is 419 g/mol. The van der Waals surface area contributed by atoms with Crippen molar-refractivity contribution in [2.24, 2.45) is 0 Å². The molecule has 0 aliphatic rings. The first kappa shape index (κ1) is 22.2. The van der Waals surface area contributed by atoms with Crippen LogP contribution in [0.5, 0.6) is 0 Å². The summed E-state index contributed by atoms with van der Waals surface area (Å²) in [5.74, 6) is -1.86. The highest BCUT2D eigenvalue weighted by Crippen LogP contribution is 2.30. The molecule has 8 heteroatoms. The Hall–Kier alpha value is -3.06. The highest BCUT2D eigenvalue weighted by atomic mass is 35.5. The van der Waals surface area contributed by atoms with Crippen LogP contribution in [0.15, 0.2) is 36.4 Å². The van der Waals surface area contributed by atoms with E-state index >= 15 is 0 Å². The van der Waals surface area contributed by atoms with Gasteiger partial charge in [0, 0.05) is 13.3 Å². The Balaban J connectivity index is 2.36. The number of benzene rings is 2. The average molecular weight is 420 g/mol. The average Bonchev–Trinajstić information content (AvgIpc) is 2.71. The fourth-order valence-corrected chi connectivity index (χ4v) is 3.01. The molecular weight excluding hydrogens is 398 g/mol. The third-order valence-corrected chi connectivity index (χ3v) is 4.66. The summed E-state index contributed by atoms with van der Waals surface area (Å²) < 4.78 is 15.3. The number of carbonyl (C=O) groups excluding carboxylic acids is 3. The quantitative estimate of drug-likeness (QED) is 0.417. The van der Waals surface area contributed by atoms with Gasteiger partial charge in [0.25, 0.3) is 0 Å². The van der Waals surface area contributed by atoms with Crippen molar-refractivity contribution in [2.45, 2.75) is 33.0 Å². The van der Waals surface area contributed by atoms with Crippen molar-refractivity contribution in [2.75, 3.05) is 12.8 Å². The van der Waals surface area contributed by atoms with Gasteiger partial charge >= 0.3 is 17.9 Å². The van der Waals surface area contributed by atoms with E-state index in [0.29, 0.717) is 27.9 Å². The van der Waals surface area contributed by atoms with Crippen molar-refractivity contribution >= 4 is 35.2 Å². The predicted octanol–water partition coefficient (Wildman–Crippen LogP) is 3.23. The maximum absolute atomic E-state index is 12.4. The number of methoxy groups -OCH3 is 1. The molecule has 0 heterocycles. The second-order valence-electron chi connectivity index (χ2n) is 6.30. The number of hydrogen-bond donors (Lipinski definition) is 1. The van der Waals surface area contributed by atoms with E-state index in [0.717, 1.165) is 0 Å². The van der Waals surface area contributed by atoms with Gasteiger partial charge in [0.05, 0.1) is 23.4 Å². The van der Waals surface area contributed by atoms with Crippen LogP contribution in [0.4, 0.5) is 5.69 Å². The lowest BCUT2D eigenvalue weighted by Gasteiger charge is -2.20. The molecule has 0 radical (unpaired) electrons. The Morgan fingerprint density at radius 2 is 1.83 bits per heavy atom. The molecule has 7 nitrogen and oxygen atoms in total. The van der Waals surface area contributed by atoms with Gasteiger partial charge in [-0.15, -0.1) is 0 Å². The first-order valence-electron chi connectivity index (χ1n) is 8.78. The van der Waals surface area contributed by atoms with Crippen LogP contribution in [0.25, 0.3) is 0 Å². The van der Waals surface area contributed by atoms with E-state index in [4.69, 9.17) is 31.5 Å². The van der Waals surface area contributed by atoms with Crippen molar-refractivity contribution in [1.82, 2.24) is 0 Å². The van der Waals surface area contributed by atoms with Crippen molar-refractivity contribution in [3.05, 3.63) is 63.7 Å². The lowest BCUT2D eigenvalue weighted by molar-refractivity contribution is -0.151. The van der Waals surface area contributed by atoms with Crippen molar-refractivity contribution in [3.8, 4) is 0 Å². The molecule has 2 aromatic carbocycles. The first-order valence-corrected chi connectivity index (χ1v) is 9.16. The molecular formula is C21H22ClNO6. The molecule has 0 unspecified atom stereocenters. The summed E-state index contributed by atoms with van der Waals surface area (Å²) in [5.41, 5.74) is 8.38. The van der Waals surface area contributed by atoms with Crippen LogP contribution in [0.1, 0.15) is 34.0 Å². The zero-order valence-electron chi connectivity index (χ0n) is 16.4. The molecule has 0 aliphatic carbocycles. The van der Waals surface area contributed by atoms with Gasteiger partial charge in [-0.2, -0.15) is 0 Å². The molecule has 0 amide bonds. The van der Waals surface area contributed by atoms with E-state index in [2.05, 4.69) is 0 Å². The van der Waals surface area contributed by atoms with Gasteiger partial charge in [0.1, 0.15) is 6.61 Å². The van der Waals surface area contributed by atoms with Gasteiger partial charge in [0.15, 0.2) is 0 Å². The Morgan fingerprint density at radius 1 is 1.17 bits per heavy atom. The number of hydrogen-bond acceptors (Lipinski definition) is 7. The third kappa shape index (κ3) is 5.71. The van der Waals surface area contributed by atoms with Crippen molar-refractivity contribution in [1.29, 1.82) is 0 Å². The largest absolute Gasteiger partial charge is 0.466 e. The highest BCUT2D eigenvalue weighted by Gasteiger charge is 2.27. The SMILES string of the molecule is COC(=O)[C@@H](Cc1cc(Cl)c(N)c(C)c1COC(C)=O)OC(=O)c1ccccc1. The Kier molecular flexibility index (Phi) is 7.61. The van der Waals surface area contributed by atoms with Crippen molar-refractivity contribution < 1.29 is 28.6 Å². The Morgan fingerprint density at radius 3 is 2.41 bits per heavy atom. The van der Waals surface area contributed by atoms with E-state index in [1.807, 2.05) is 0 Å². The van der Waals surface area contributed by atoms with Crippen LogP contribution < -0.4 is 5.73 Å². The minimum Gasteiger partial charge on any atom is -0.466 e. The van der Waals surface area contributed by atoms with Crippen LogP contribution in [-0.4, -0.2) is 31.1 Å². The highest BCUT2D eigenvalue weighted by molar-refractivity contribution is 6.33. The van der Waals surface area contributed by atoms with Gasteiger partial charge in [-0.05, 0) is 41.8 Å². The zero-order chi connectivity index (χ0) is 21.6. The summed E-state index contributed by atoms with van der Waals surface area (Å²) >= 11 is 6.20. The van der Waals surface area contributed by atoms with Crippen molar-refractivity contribution in [3.63, 3.8) is 0 Å². The number of esters is 3. The smallest absolute Gasteiger partial charge is 0.347 e. The topological polar surface area (TPSA) is 105 Å². The molecule has 2 N–H and O–H groups in total. The van der Waals surface area contributed by atoms with Crippen LogP contribution >= 0.6 is 11.6 Å². The molecule has 29 heavy (non-hydrogen) atoms. The minimum absolute atomic E-state index is 0.0251. The maximum atomic E-state index is 12.4. The summed E-state index contributed by atoms with van der Waals surface area (Å²) in [5, 5.41) is 0.280. The number of halogens is 1. The third-order valence-electron chi connectivity index (χ3n) is 4.35. The van der Waals surface area contributed by atoms with E-state index in [-0.39, 0.29) is 18.1 Å². The second-order valence-corrected chi connectivity index (χ2v) is 6.71. The molecule has 0 saturated heterocycles. The van der Waals surface area contributed by atoms with Crippen LogP contribution in [0, 0.1) is 6.92 Å². The van der Waals surface area contributed by atoms with Gasteiger partial charge in [-0.1, -0.05) is 29.8 Å². The molecule has 2 rings (SSSR count). The minimum atomic E-state index is -1.22. The van der Waals surface area contributed by atoms with Gasteiger partial charge in [0.2, 0.25) is 6.10 Å². The number of ether oxygens (including phenoxy) is 3. The van der Waals surface area contributed by atoms with Gasteiger partial charge in [-0.25, -0.2) is 9.59 Å². The summed E-state index contributed by atoms with van der Waals surface area (Å²) in [6, 6.07) is 9.85. The lowest BCUT2D eigenvalue weighted by Crippen LogP contribution is -2.31. The number of carbonyl (C=O) groups is 3. The standard InChI is InChI=1S/C21H22ClNO6/c1-12-16(11-28-13(2)24)15(9-17(22)19(12)23)10-18(21(26)27-3)29-20(25)14-7-5-4-6-8-14/h4-9,18H,10-11,23H2,1-3H3/t18-/m1/s1. The molecule has 1 atom stereocenters. The molecule has 2 aromatic rings. The number of anilines is 1. The second kappa shape index (κ2) is 9.93.